The number of fused-ring (bicyclic) bond motifs is 1. The molecule has 0 aliphatic carbocycles. The number of para-hydroxylation sites is 1. The molecule has 1 aromatic carbocycles. The number of esters is 1. The summed E-state index contributed by atoms with van der Waals surface area (Å²) >= 11 is 0. The molecule has 4 N–H and O–H groups in total. The van der Waals surface area contributed by atoms with E-state index in [9.17, 15) is 14.2 Å². The second kappa shape index (κ2) is 10.8. The SMILES string of the molecule is CC(C)OC(=O)[C@H](C)NP(=O)(OC[C@@H]1C[C@@](C)(F)[C@H](n2cnc3c(=O)[nH]c(N)nc32)O1)Oc1ccccc1. The van der Waals surface area contributed by atoms with Crippen molar-refractivity contribution in [3.05, 3.63) is 47.0 Å². The number of rotatable bonds is 10. The van der Waals surface area contributed by atoms with Crippen molar-refractivity contribution in [2.75, 3.05) is 12.3 Å². The first-order chi connectivity index (χ1) is 17.9. The number of nitrogen functional groups attached to an aromatic ring is 1. The fourth-order valence-electron chi connectivity index (χ4n) is 4.00. The molecule has 0 bridgehead atoms. The molecule has 0 amide bonds. The van der Waals surface area contributed by atoms with Gasteiger partial charge in [-0.3, -0.25) is 23.7 Å². The maximum Gasteiger partial charge on any atom is 0.459 e. The molecule has 4 rings (SSSR count). The van der Waals surface area contributed by atoms with Gasteiger partial charge < -0.3 is 19.7 Å². The van der Waals surface area contributed by atoms with Crippen LogP contribution in [-0.4, -0.2) is 56.0 Å². The number of aromatic nitrogens is 4. The Labute approximate surface area is 217 Å². The second-order valence-electron chi connectivity index (χ2n) is 9.40. The minimum atomic E-state index is -4.17. The van der Waals surface area contributed by atoms with Gasteiger partial charge in [0.2, 0.25) is 5.95 Å². The van der Waals surface area contributed by atoms with Crippen molar-refractivity contribution in [1.82, 2.24) is 24.6 Å². The van der Waals surface area contributed by atoms with Crippen LogP contribution in [-0.2, 0) is 23.4 Å². The molecule has 206 valence electrons. The van der Waals surface area contributed by atoms with Crippen molar-refractivity contribution in [1.29, 1.82) is 0 Å². The molecule has 2 aromatic heterocycles. The number of nitrogens with zero attached hydrogens (tertiary/aromatic N) is 3. The van der Waals surface area contributed by atoms with Crippen molar-refractivity contribution in [2.45, 2.75) is 64.3 Å². The lowest BCUT2D eigenvalue weighted by atomic mass is 10.0. The number of anilines is 1. The van der Waals surface area contributed by atoms with Gasteiger partial charge in [0.1, 0.15) is 11.8 Å². The normalized spacial score (nSPS) is 23.8. The highest BCUT2D eigenvalue weighted by Gasteiger charge is 2.48. The van der Waals surface area contributed by atoms with E-state index < -0.39 is 43.3 Å². The summed E-state index contributed by atoms with van der Waals surface area (Å²) in [5.41, 5.74) is 3.17. The third-order valence-corrected chi connectivity index (χ3v) is 7.27. The highest BCUT2D eigenvalue weighted by atomic mass is 31.2. The van der Waals surface area contributed by atoms with E-state index in [4.69, 9.17) is 24.3 Å². The first-order valence-corrected chi connectivity index (χ1v) is 13.5. The van der Waals surface area contributed by atoms with E-state index in [0.29, 0.717) is 0 Å². The van der Waals surface area contributed by atoms with Gasteiger partial charge in [-0.15, -0.1) is 0 Å². The second-order valence-corrected chi connectivity index (χ2v) is 11.1. The number of carbonyl (C=O) groups excluding carboxylic acids is 1. The van der Waals surface area contributed by atoms with Gasteiger partial charge in [0.15, 0.2) is 23.1 Å². The van der Waals surface area contributed by atoms with Gasteiger partial charge in [0.25, 0.3) is 5.56 Å². The van der Waals surface area contributed by atoms with Crippen molar-refractivity contribution in [3.63, 3.8) is 0 Å². The van der Waals surface area contributed by atoms with E-state index in [1.54, 1.807) is 44.2 Å². The zero-order chi connectivity index (χ0) is 27.7. The predicted molar refractivity (Wildman–Crippen MR) is 135 cm³/mol. The summed E-state index contributed by atoms with van der Waals surface area (Å²) in [5, 5.41) is 2.58. The number of imidazole rings is 1. The van der Waals surface area contributed by atoms with Crippen molar-refractivity contribution in [3.8, 4) is 5.75 Å². The van der Waals surface area contributed by atoms with Crippen LogP contribution in [0.5, 0.6) is 5.75 Å². The van der Waals surface area contributed by atoms with E-state index in [-0.39, 0.29) is 42.0 Å². The van der Waals surface area contributed by atoms with E-state index in [0.717, 1.165) is 0 Å². The van der Waals surface area contributed by atoms with Crippen LogP contribution in [0.2, 0.25) is 0 Å². The average Bonchev–Trinajstić information content (AvgIpc) is 3.37. The van der Waals surface area contributed by atoms with Crippen molar-refractivity contribution >= 4 is 30.8 Å². The molecule has 13 nitrogen and oxygen atoms in total. The summed E-state index contributed by atoms with van der Waals surface area (Å²) in [6.45, 7) is 5.81. The number of aromatic amines is 1. The number of nitrogens with two attached hydrogens (primary N) is 1. The molecule has 5 atom stereocenters. The summed E-state index contributed by atoms with van der Waals surface area (Å²) in [7, 11) is -4.17. The molecule has 1 aliphatic rings. The Morgan fingerprint density at radius 3 is 2.76 bits per heavy atom. The average molecular weight is 553 g/mol. The van der Waals surface area contributed by atoms with Gasteiger partial charge in [0.05, 0.1) is 25.1 Å². The van der Waals surface area contributed by atoms with Gasteiger partial charge in [-0.1, -0.05) is 18.2 Å². The molecule has 3 aromatic rings. The van der Waals surface area contributed by atoms with Crippen LogP contribution in [0.15, 0.2) is 41.5 Å². The Bertz CT molecular complexity index is 1400. The minimum Gasteiger partial charge on any atom is -0.462 e. The van der Waals surface area contributed by atoms with Crippen LogP contribution >= 0.6 is 7.75 Å². The van der Waals surface area contributed by atoms with Crippen LogP contribution in [0.25, 0.3) is 11.2 Å². The molecule has 0 spiro atoms. The van der Waals surface area contributed by atoms with E-state index >= 15 is 4.39 Å². The number of halogens is 1. The number of carbonyl (C=O) groups is 1. The first kappa shape index (κ1) is 27.7. The fraction of sp³-hybridized carbons (Fsp3) is 0.478. The predicted octanol–water partition coefficient (Wildman–Crippen LogP) is 2.85. The number of H-pyrrole nitrogens is 1. The van der Waals surface area contributed by atoms with Crippen molar-refractivity contribution < 1.29 is 32.3 Å². The standard InChI is InChI=1S/C23H30FN6O7P/c1-13(2)35-20(32)14(3)29-38(33,37-15-8-6-5-7-9-15)34-11-16-10-23(4,24)21(36-16)30-12-26-17-18(30)27-22(25)28-19(17)31/h5-9,12-14,16,21H,10-11H2,1-4H3,(H,29,33)(H3,25,27,28,31)/t14-,16-,21+,23+,38?/m0/s1. The lowest BCUT2D eigenvalue weighted by Crippen LogP contribution is -2.36. The third-order valence-electron chi connectivity index (χ3n) is 5.62. The van der Waals surface area contributed by atoms with E-state index in [1.807, 2.05) is 0 Å². The zero-order valence-corrected chi connectivity index (χ0v) is 22.2. The molecule has 1 saturated heterocycles. The molecule has 1 unspecified atom stereocenters. The number of benzene rings is 1. The van der Waals surface area contributed by atoms with Crippen LogP contribution < -0.4 is 20.9 Å². The molecule has 0 saturated carbocycles. The highest BCUT2D eigenvalue weighted by molar-refractivity contribution is 7.52. The summed E-state index contributed by atoms with van der Waals surface area (Å²) in [6, 6.07) is 7.20. The molecule has 0 radical (unpaired) electrons. The lowest BCUT2D eigenvalue weighted by molar-refractivity contribution is -0.149. The maximum atomic E-state index is 15.7. The minimum absolute atomic E-state index is 0.0227. The monoisotopic (exact) mass is 552 g/mol. The molecule has 3 heterocycles. The molecule has 38 heavy (non-hydrogen) atoms. The molecule has 1 fully saturated rings. The summed E-state index contributed by atoms with van der Waals surface area (Å²) in [4.78, 5) is 34.8. The molecular formula is C23H30FN6O7P. The topological polar surface area (TPSA) is 173 Å². The Morgan fingerprint density at radius 2 is 2.08 bits per heavy atom. The summed E-state index contributed by atoms with van der Waals surface area (Å²) in [6.07, 6.45) is -1.39. The third kappa shape index (κ3) is 6.21. The van der Waals surface area contributed by atoms with Gasteiger partial charge in [-0.2, -0.15) is 10.1 Å². The Balaban J connectivity index is 1.52. The van der Waals surface area contributed by atoms with Gasteiger partial charge in [0, 0.05) is 6.42 Å². The van der Waals surface area contributed by atoms with Crippen molar-refractivity contribution in [2.24, 2.45) is 0 Å². The Hall–Kier alpha value is -3.32. The lowest BCUT2D eigenvalue weighted by Gasteiger charge is -2.24. The molecular weight excluding hydrogens is 522 g/mol. The maximum absolute atomic E-state index is 15.7. The Morgan fingerprint density at radius 1 is 1.37 bits per heavy atom. The number of alkyl halides is 1. The van der Waals surface area contributed by atoms with Crippen LogP contribution in [0.1, 0.15) is 40.3 Å². The molecule has 1 aliphatic heterocycles. The van der Waals surface area contributed by atoms with E-state index in [2.05, 4.69) is 20.0 Å². The van der Waals surface area contributed by atoms with Crippen LogP contribution in [0.4, 0.5) is 10.3 Å². The van der Waals surface area contributed by atoms with E-state index in [1.165, 1.54) is 24.7 Å². The smallest absolute Gasteiger partial charge is 0.459 e. The number of ether oxygens (including phenoxy) is 2. The number of hydrogen-bond acceptors (Lipinski definition) is 10. The van der Waals surface area contributed by atoms with Gasteiger partial charge in [-0.25, -0.2) is 13.9 Å². The van der Waals surface area contributed by atoms with Gasteiger partial charge in [-0.05, 0) is 39.8 Å². The molecule has 15 heteroatoms. The Kier molecular flexibility index (Phi) is 7.88. The quantitative estimate of drug-likeness (QED) is 0.249. The fourth-order valence-corrected chi connectivity index (χ4v) is 5.52. The largest absolute Gasteiger partial charge is 0.462 e. The van der Waals surface area contributed by atoms with Crippen LogP contribution in [0, 0.1) is 0 Å². The summed E-state index contributed by atoms with van der Waals surface area (Å²) < 4.78 is 52.9. The van der Waals surface area contributed by atoms with Gasteiger partial charge >= 0.3 is 13.7 Å². The summed E-state index contributed by atoms with van der Waals surface area (Å²) in [5.74, 6) is -0.576. The highest BCUT2D eigenvalue weighted by Crippen LogP contribution is 2.47. The number of nitrogens with one attached hydrogen (secondary N) is 2. The van der Waals surface area contributed by atoms with Crippen LogP contribution in [0.3, 0.4) is 0 Å². The first-order valence-electron chi connectivity index (χ1n) is 11.9. The number of hydrogen-bond donors (Lipinski definition) is 3. The zero-order valence-electron chi connectivity index (χ0n) is 21.3.